The van der Waals surface area contributed by atoms with E-state index in [1.807, 2.05) is 11.8 Å². The van der Waals surface area contributed by atoms with Gasteiger partial charge in [-0.2, -0.15) is 0 Å². The van der Waals surface area contributed by atoms with E-state index in [4.69, 9.17) is 18.0 Å². The standard InChI is InChI=1S/C13H18N4OS/c1-9(13(18)17-6-2-3-7-17)16-11-5-4-10(8-15-11)12(14)19/h4-5,8-9H,2-3,6-7H2,1H3,(H2,14,19)(H,15,16). The van der Waals surface area contributed by atoms with Crippen LogP contribution in [0.3, 0.4) is 0 Å². The zero-order valence-corrected chi connectivity index (χ0v) is 11.7. The highest BCUT2D eigenvalue weighted by atomic mass is 32.1. The Hall–Kier alpha value is -1.69. The third kappa shape index (κ3) is 3.41. The highest BCUT2D eigenvalue weighted by molar-refractivity contribution is 7.80. The van der Waals surface area contributed by atoms with E-state index >= 15 is 0 Å². The van der Waals surface area contributed by atoms with Gasteiger partial charge in [-0.25, -0.2) is 4.98 Å². The molecular weight excluding hydrogens is 260 g/mol. The maximum atomic E-state index is 12.1. The molecule has 1 amide bonds. The molecule has 1 aromatic rings. The summed E-state index contributed by atoms with van der Waals surface area (Å²) in [5.74, 6) is 0.776. The molecule has 1 atom stereocenters. The number of amides is 1. The Kier molecular flexibility index (Phi) is 4.31. The van der Waals surface area contributed by atoms with Crippen molar-refractivity contribution in [2.45, 2.75) is 25.8 Å². The van der Waals surface area contributed by atoms with Crippen molar-refractivity contribution in [1.29, 1.82) is 0 Å². The first kappa shape index (κ1) is 13.7. The second kappa shape index (κ2) is 5.97. The van der Waals surface area contributed by atoms with Crippen molar-refractivity contribution < 1.29 is 4.79 Å². The zero-order chi connectivity index (χ0) is 13.8. The molecule has 0 aromatic carbocycles. The summed E-state index contributed by atoms with van der Waals surface area (Å²) < 4.78 is 0. The number of carbonyl (C=O) groups excluding carboxylic acids is 1. The number of rotatable bonds is 4. The van der Waals surface area contributed by atoms with Gasteiger partial charge in [0.05, 0.1) is 0 Å². The Morgan fingerprint density at radius 2 is 2.16 bits per heavy atom. The van der Waals surface area contributed by atoms with Gasteiger partial charge in [-0.3, -0.25) is 4.79 Å². The Morgan fingerprint density at radius 1 is 1.47 bits per heavy atom. The molecule has 5 nitrogen and oxygen atoms in total. The normalized spacial score (nSPS) is 16.2. The van der Waals surface area contributed by atoms with Gasteiger partial charge < -0.3 is 16.0 Å². The fourth-order valence-corrected chi connectivity index (χ4v) is 2.24. The number of aromatic nitrogens is 1. The second-order valence-electron chi connectivity index (χ2n) is 4.69. The van der Waals surface area contributed by atoms with Gasteiger partial charge in [0.25, 0.3) is 0 Å². The van der Waals surface area contributed by atoms with Crippen LogP contribution in [0.2, 0.25) is 0 Å². The van der Waals surface area contributed by atoms with Crippen LogP contribution in [-0.2, 0) is 4.79 Å². The van der Waals surface area contributed by atoms with Gasteiger partial charge in [0, 0.05) is 24.8 Å². The van der Waals surface area contributed by atoms with Crippen molar-refractivity contribution in [3.8, 4) is 0 Å². The highest BCUT2D eigenvalue weighted by Gasteiger charge is 2.23. The lowest BCUT2D eigenvalue weighted by atomic mass is 10.2. The third-order valence-corrected chi connectivity index (χ3v) is 3.44. The summed E-state index contributed by atoms with van der Waals surface area (Å²) in [6.45, 7) is 3.57. The average molecular weight is 278 g/mol. The van der Waals surface area contributed by atoms with Crippen LogP contribution in [0.25, 0.3) is 0 Å². The summed E-state index contributed by atoms with van der Waals surface area (Å²) in [4.78, 5) is 18.5. The number of likely N-dealkylation sites (tertiary alicyclic amines) is 1. The lowest BCUT2D eigenvalue weighted by Gasteiger charge is -2.21. The van der Waals surface area contributed by atoms with E-state index in [0.717, 1.165) is 31.5 Å². The minimum absolute atomic E-state index is 0.123. The van der Waals surface area contributed by atoms with E-state index in [-0.39, 0.29) is 11.9 Å². The molecule has 6 heteroatoms. The van der Waals surface area contributed by atoms with E-state index in [0.29, 0.717) is 10.8 Å². The molecule has 1 aliphatic rings. The molecule has 0 bridgehead atoms. The van der Waals surface area contributed by atoms with Crippen molar-refractivity contribution >= 4 is 28.9 Å². The van der Waals surface area contributed by atoms with Crippen molar-refractivity contribution in [2.75, 3.05) is 18.4 Å². The fourth-order valence-electron chi connectivity index (χ4n) is 2.12. The molecule has 0 radical (unpaired) electrons. The lowest BCUT2D eigenvalue weighted by Crippen LogP contribution is -2.39. The molecule has 1 aliphatic heterocycles. The second-order valence-corrected chi connectivity index (χ2v) is 5.13. The van der Waals surface area contributed by atoms with E-state index < -0.39 is 0 Å². The van der Waals surface area contributed by atoms with Gasteiger partial charge in [0.15, 0.2) is 0 Å². The lowest BCUT2D eigenvalue weighted by molar-refractivity contribution is -0.130. The Morgan fingerprint density at radius 3 is 2.68 bits per heavy atom. The van der Waals surface area contributed by atoms with Crippen LogP contribution >= 0.6 is 12.2 Å². The monoisotopic (exact) mass is 278 g/mol. The summed E-state index contributed by atoms with van der Waals surface area (Å²) in [6.07, 6.45) is 3.80. The van der Waals surface area contributed by atoms with Crippen LogP contribution < -0.4 is 11.1 Å². The third-order valence-electron chi connectivity index (χ3n) is 3.20. The number of anilines is 1. The van der Waals surface area contributed by atoms with Crippen LogP contribution in [0.15, 0.2) is 18.3 Å². The summed E-state index contributed by atoms with van der Waals surface area (Å²) >= 11 is 4.86. The molecule has 1 fully saturated rings. The molecule has 102 valence electrons. The highest BCUT2D eigenvalue weighted by Crippen LogP contribution is 2.12. The van der Waals surface area contributed by atoms with Crippen LogP contribution in [0, 0.1) is 0 Å². The van der Waals surface area contributed by atoms with Gasteiger partial charge in [-0.1, -0.05) is 12.2 Å². The molecule has 19 heavy (non-hydrogen) atoms. The number of nitrogens with two attached hydrogens (primary N) is 1. The summed E-state index contributed by atoms with van der Waals surface area (Å²) in [6, 6.07) is 3.30. The molecule has 2 rings (SSSR count). The van der Waals surface area contributed by atoms with E-state index in [9.17, 15) is 4.79 Å². The Balaban J connectivity index is 1.96. The first-order valence-corrected chi connectivity index (χ1v) is 6.80. The molecule has 3 N–H and O–H groups in total. The largest absolute Gasteiger partial charge is 0.389 e. The summed E-state index contributed by atoms with van der Waals surface area (Å²) in [7, 11) is 0. The number of nitrogens with zero attached hydrogens (tertiary/aromatic N) is 2. The van der Waals surface area contributed by atoms with Crippen molar-refractivity contribution in [3.63, 3.8) is 0 Å². The number of thiocarbonyl (C=S) groups is 1. The fraction of sp³-hybridized carbons (Fsp3) is 0.462. The number of carbonyl (C=O) groups is 1. The maximum absolute atomic E-state index is 12.1. The molecule has 1 saturated heterocycles. The summed E-state index contributed by atoms with van der Waals surface area (Å²) in [5, 5.41) is 3.10. The van der Waals surface area contributed by atoms with E-state index in [1.165, 1.54) is 0 Å². The topological polar surface area (TPSA) is 71.2 Å². The average Bonchev–Trinajstić information content (AvgIpc) is 2.92. The van der Waals surface area contributed by atoms with E-state index in [2.05, 4.69) is 10.3 Å². The number of nitrogens with one attached hydrogen (secondary N) is 1. The smallest absolute Gasteiger partial charge is 0.244 e. The minimum atomic E-state index is -0.277. The summed E-state index contributed by atoms with van der Waals surface area (Å²) in [5.41, 5.74) is 6.23. The van der Waals surface area contributed by atoms with Crippen LogP contribution in [-0.4, -0.2) is 39.9 Å². The number of pyridine rings is 1. The van der Waals surface area contributed by atoms with Crippen molar-refractivity contribution in [3.05, 3.63) is 23.9 Å². The van der Waals surface area contributed by atoms with Gasteiger partial charge >= 0.3 is 0 Å². The Bertz CT molecular complexity index is 468. The van der Waals surface area contributed by atoms with Crippen LogP contribution in [0.4, 0.5) is 5.82 Å². The number of hydrogen-bond donors (Lipinski definition) is 2. The SMILES string of the molecule is CC(Nc1ccc(C(N)=S)cn1)C(=O)N1CCCC1. The predicted molar refractivity (Wildman–Crippen MR) is 79.0 cm³/mol. The molecule has 0 saturated carbocycles. The molecular formula is C13H18N4OS. The first-order chi connectivity index (χ1) is 9.08. The van der Waals surface area contributed by atoms with Gasteiger partial charge in [-0.15, -0.1) is 0 Å². The quantitative estimate of drug-likeness (QED) is 0.808. The van der Waals surface area contributed by atoms with Crippen molar-refractivity contribution in [2.24, 2.45) is 5.73 Å². The van der Waals surface area contributed by atoms with Gasteiger partial charge in [0.2, 0.25) is 5.91 Å². The number of hydrogen-bond acceptors (Lipinski definition) is 4. The maximum Gasteiger partial charge on any atom is 0.244 e. The van der Waals surface area contributed by atoms with Crippen LogP contribution in [0.1, 0.15) is 25.3 Å². The molecule has 0 aliphatic carbocycles. The van der Waals surface area contributed by atoms with Crippen molar-refractivity contribution in [1.82, 2.24) is 9.88 Å². The van der Waals surface area contributed by atoms with E-state index in [1.54, 1.807) is 18.3 Å². The molecule has 1 unspecified atom stereocenters. The van der Waals surface area contributed by atoms with Gasteiger partial charge in [0.1, 0.15) is 16.8 Å². The van der Waals surface area contributed by atoms with Crippen LogP contribution in [0.5, 0.6) is 0 Å². The first-order valence-electron chi connectivity index (χ1n) is 6.39. The minimum Gasteiger partial charge on any atom is -0.389 e. The molecule has 2 heterocycles. The molecule has 0 spiro atoms. The molecule has 1 aromatic heterocycles. The Labute approximate surface area is 118 Å². The zero-order valence-electron chi connectivity index (χ0n) is 10.9. The predicted octanol–water partition coefficient (Wildman–Crippen LogP) is 1.14. The van der Waals surface area contributed by atoms with Gasteiger partial charge in [-0.05, 0) is 31.9 Å².